The Labute approximate surface area is 110 Å². The molecule has 0 amide bonds. The Morgan fingerprint density at radius 2 is 2.21 bits per heavy atom. The number of fused-ring (bicyclic) bond motifs is 1. The molecule has 5 heteroatoms. The van der Waals surface area contributed by atoms with E-state index in [-0.39, 0.29) is 0 Å². The van der Waals surface area contributed by atoms with Crippen LogP contribution in [0.25, 0.3) is 0 Å². The predicted octanol–water partition coefficient (Wildman–Crippen LogP) is 1.74. The Hall–Kier alpha value is -2.43. The van der Waals surface area contributed by atoms with E-state index in [4.69, 9.17) is 0 Å². The Morgan fingerprint density at radius 1 is 1.32 bits per heavy atom. The molecule has 1 N–H and O–H groups in total. The van der Waals surface area contributed by atoms with Gasteiger partial charge in [0.2, 0.25) is 0 Å². The monoisotopic (exact) mass is 255 g/mol. The molecule has 0 spiro atoms. The van der Waals surface area contributed by atoms with E-state index in [2.05, 4.69) is 14.9 Å². The van der Waals surface area contributed by atoms with Crippen molar-refractivity contribution >= 4 is 11.8 Å². The molecule has 1 aliphatic rings. The second kappa shape index (κ2) is 4.68. The van der Waals surface area contributed by atoms with Crippen molar-refractivity contribution in [3.63, 3.8) is 0 Å². The molecule has 0 radical (unpaired) electrons. The average molecular weight is 255 g/mol. The van der Waals surface area contributed by atoms with Crippen LogP contribution >= 0.6 is 0 Å². The molecule has 2 heterocycles. The van der Waals surface area contributed by atoms with E-state index < -0.39 is 5.97 Å². The van der Waals surface area contributed by atoms with Gasteiger partial charge < -0.3 is 10.0 Å². The maximum atomic E-state index is 11.2. The SMILES string of the molecule is O=C(O)c1cccc2c1CCN(c1ccncn1)C2. The number of rotatable bonds is 2. The molecule has 3 rings (SSSR count). The topological polar surface area (TPSA) is 66.3 Å². The number of carboxylic acids is 1. The van der Waals surface area contributed by atoms with Gasteiger partial charge >= 0.3 is 5.97 Å². The van der Waals surface area contributed by atoms with E-state index in [1.807, 2.05) is 12.1 Å². The summed E-state index contributed by atoms with van der Waals surface area (Å²) in [6.07, 6.45) is 3.96. The van der Waals surface area contributed by atoms with Crippen LogP contribution in [0.1, 0.15) is 21.5 Å². The number of carboxylic acid groups (broad SMARTS) is 1. The van der Waals surface area contributed by atoms with Crippen molar-refractivity contribution < 1.29 is 9.90 Å². The quantitative estimate of drug-likeness (QED) is 0.885. The van der Waals surface area contributed by atoms with Crippen LogP contribution in [-0.2, 0) is 13.0 Å². The van der Waals surface area contributed by atoms with Gasteiger partial charge in [-0.1, -0.05) is 12.1 Å². The van der Waals surface area contributed by atoms with Gasteiger partial charge in [0.25, 0.3) is 0 Å². The van der Waals surface area contributed by atoms with Crippen molar-refractivity contribution in [3.8, 4) is 0 Å². The third-order valence-electron chi connectivity index (χ3n) is 3.39. The van der Waals surface area contributed by atoms with Gasteiger partial charge in [-0.3, -0.25) is 0 Å². The van der Waals surface area contributed by atoms with Gasteiger partial charge in [0.1, 0.15) is 12.1 Å². The summed E-state index contributed by atoms with van der Waals surface area (Å²) in [6, 6.07) is 7.31. The van der Waals surface area contributed by atoms with Crippen LogP contribution in [0.3, 0.4) is 0 Å². The van der Waals surface area contributed by atoms with E-state index in [1.54, 1.807) is 18.3 Å². The van der Waals surface area contributed by atoms with Crippen LogP contribution in [0.2, 0.25) is 0 Å². The summed E-state index contributed by atoms with van der Waals surface area (Å²) in [5.74, 6) is 0.0220. The van der Waals surface area contributed by atoms with Crippen LogP contribution in [0.4, 0.5) is 5.82 Å². The van der Waals surface area contributed by atoms with Crippen LogP contribution < -0.4 is 4.90 Å². The fourth-order valence-corrected chi connectivity index (χ4v) is 2.48. The Bertz CT molecular complexity index is 613. The molecule has 1 aromatic carbocycles. The van der Waals surface area contributed by atoms with Crippen LogP contribution in [0.15, 0.2) is 36.8 Å². The largest absolute Gasteiger partial charge is 0.478 e. The maximum Gasteiger partial charge on any atom is 0.335 e. The molecule has 5 nitrogen and oxygen atoms in total. The Kier molecular flexibility index (Phi) is 2.87. The second-order valence-electron chi connectivity index (χ2n) is 4.49. The van der Waals surface area contributed by atoms with Gasteiger partial charge in [-0.25, -0.2) is 14.8 Å². The first kappa shape index (κ1) is 11.6. The minimum atomic E-state index is -0.854. The van der Waals surface area contributed by atoms with Crippen LogP contribution in [0.5, 0.6) is 0 Å². The molecule has 1 aromatic heterocycles. The number of benzene rings is 1. The summed E-state index contributed by atoms with van der Waals surface area (Å²) < 4.78 is 0. The van der Waals surface area contributed by atoms with E-state index in [9.17, 15) is 9.90 Å². The molecule has 2 aromatic rings. The van der Waals surface area contributed by atoms with Gasteiger partial charge in [0.15, 0.2) is 0 Å². The zero-order chi connectivity index (χ0) is 13.2. The van der Waals surface area contributed by atoms with E-state index in [1.165, 1.54) is 6.33 Å². The van der Waals surface area contributed by atoms with Crippen molar-refractivity contribution in [2.75, 3.05) is 11.4 Å². The molecule has 19 heavy (non-hydrogen) atoms. The fourth-order valence-electron chi connectivity index (χ4n) is 2.48. The molecule has 96 valence electrons. The highest BCUT2D eigenvalue weighted by Gasteiger charge is 2.21. The molecule has 0 saturated carbocycles. The van der Waals surface area contributed by atoms with E-state index >= 15 is 0 Å². The molecule has 0 atom stereocenters. The normalized spacial score (nSPS) is 14.0. The van der Waals surface area contributed by atoms with E-state index in [0.29, 0.717) is 12.1 Å². The third kappa shape index (κ3) is 2.14. The fraction of sp³-hybridized carbons (Fsp3) is 0.214. The predicted molar refractivity (Wildman–Crippen MR) is 70.2 cm³/mol. The number of aromatic nitrogens is 2. The van der Waals surface area contributed by atoms with Crippen LogP contribution in [-0.4, -0.2) is 27.6 Å². The summed E-state index contributed by atoms with van der Waals surface area (Å²) in [4.78, 5) is 21.5. The number of hydrogen-bond acceptors (Lipinski definition) is 4. The van der Waals surface area contributed by atoms with Crippen molar-refractivity contribution in [3.05, 3.63) is 53.5 Å². The van der Waals surface area contributed by atoms with Crippen molar-refractivity contribution in [1.82, 2.24) is 9.97 Å². The molecular weight excluding hydrogens is 242 g/mol. The summed E-state index contributed by atoms with van der Waals surface area (Å²) in [5.41, 5.74) is 2.42. The van der Waals surface area contributed by atoms with Gasteiger partial charge in [-0.15, -0.1) is 0 Å². The first-order valence-electron chi connectivity index (χ1n) is 6.11. The van der Waals surface area contributed by atoms with Crippen LogP contribution in [0, 0.1) is 0 Å². The van der Waals surface area contributed by atoms with Gasteiger partial charge in [0.05, 0.1) is 5.56 Å². The first-order chi connectivity index (χ1) is 9.25. The molecule has 1 aliphatic heterocycles. The standard InChI is InChI=1S/C14H13N3O2/c18-14(19)12-3-1-2-10-8-17(7-5-11(10)12)13-4-6-15-9-16-13/h1-4,6,9H,5,7-8H2,(H,18,19). The molecule has 0 aliphatic carbocycles. The highest BCUT2D eigenvalue weighted by Crippen LogP contribution is 2.25. The molecule has 0 saturated heterocycles. The lowest BCUT2D eigenvalue weighted by Crippen LogP contribution is -2.32. The van der Waals surface area contributed by atoms with Gasteiger partial charge in [0, 0.05) is 19.3 Å². The summed E-state index contributed by atoms with van der Waals surface area (Å²) in [6.45, 7) is 1.46. The number of nitrogens with zero attached hydrogens (tertiary/aromatic N) is 3. The lowest BCUT2D eigenvalue weighted by atomic mass is 9.94. The number of hydrogen-bond donors (Lipinski definition) is 1. The lowest BCUT2D eigenvalue weighted by Gasteiger charge is -2.30. The van der Waals surface area contributed by atoms with Gasteiger partial charge in [-0.05, 0) is 29.7 Å². The smallest absolute Gasteiger partial charge is 0.335 e. The highest BCUT2D eigenvalue weighted by atomic mass is 16.4. The molecule has 0 unspecified atom stereocenters. The Balaban J connectivity index is 1.93. The molecule has 0 fully saturated rings. The van der Waals surface area contributed by atoms with E-state index in [0.717, 1.165) is 29.9 Å². The lowest BCUT2D eigenvalue weighted by molar-refractivity contribution is 0.0695. The maximum absolute atomic E-state index is 11.2. The van der Waals surface area contributed by atoms with Gasteiger partial charge in [-0.2, -0.15) is 0 Å². The van der Waals surface area contributed by atoms with Crippen molar-refractivity contribution in [2.45, 2.75) is 13.0 Å². The minimum Gasteiger partial charge on any atom is -0.478 e. The highest BCUT2D eigenvalue weighted by molar-refractivity contribution is 5.90. The number of carbonyl (C=O) groups is 1. The molecule has 0 bridgehead atoms. The number of aromatic carboxylic acids is 1. The van der Waals surface area contributed by atoms with Crippen molar-refractivity contribution in [2.24, 2.45) is 0 Å². The zero-order valence-electron chi connectivity index (χ0n) is 10.3. The number of anilines is 1. The van der Waals surface area contributed by atoms with Crippen molar-refractivity contribution in [1.29, 1.82) is 0 Å². The third-order valence-corrected chi connectivity index (χ3v) is 3.39. The second-order valence-corrected chi connectivity index (χ2v) is 4.49. The first-order valence-corrected chi connectivity index (χ1v) is 6.11. The summed E-state index contributed by atoms with van der Waals surface area (Å²) in [7, 11) is 0. The molecular formula is C14H13N3O2. The Morgan fingerprint density at radius 3 is 2.95 bits per heavy atom. The summed E-state index contributed by atoms with van der Waals surface area (Å²) in [5, 5.41) is 9.19. The summed E-state index contributed by atoms with van der Waals surface area (Å²) >= 11 is 0. The zero-order valence-corrected chi connectivity index (χ0v) is 10.3. The average Bonchev–Trinajstić information content (AvgIpc) is 2.47. The minimum absolute atomic E-state index is 0.417.